The zero-order valence-corrected chi connectivity index (χ0v) is 11.1. The molecule has 1 aromatic carbocycles. The average molecular weight is 254 g/mol. The highest BCUT2D eigenvalue weighted by Crippen LogP contribution is 2.32. The minimum Gasteiger partial charge on any atom is -0.316 e. The van der Waals surface area contributed by atoms with Gasteiger partial charge in [-0.1, -0.05) is 25.1 Å². The fourth-order valence-electron chi connectivity index (χ4n) is 2.89. The van der Waals surface area contributed by atoms with Crippen LogP contribution < -0.4 is 5.32 Å². The van der Waals surface area contributed by atoms with Gasteiger partial charge in [-0.15, -0.1) is 0 Å². The number of Topliss-reactive ketones (excluding diaryl/α,β-unsaturated/α-hetero) is 1. The molecule has 1 saturated heterocycles. The lowest BCUT2D eigenvalue weighted by Gasteiger charge is -2.33. The Bertz CT molecular complexity index is 610. The highest BCUT2D eigenvalue weighted by Gasteiger charge is 2.35. The first-order valence-corrected chi connectivity index (χ1v) is 6.79. The van der Waals surface area contributed by atoms with E-state index in [1.54, 1.807) is 12.4 Å². The number of piperidine rings is 1. The van der Waals surface area contributed by atoms with Crippen LogP contribution in [0.2, 0.25) is 0 Å². The Hall–Kier alpha value is -1.74. The van der Waals surface area contributed by atoms with E-state index in [4.69, 9.17) is 0 Å². The zero-order chi connectivity index (χ0) is 13.3. The molecule has 0 radical (unpaired) electrons. The number of benzene rings is 1. The van der Waals surface area contributed by atoms with Gasteiger partial charge in [0.15, 0.2) is 5.78 Å². The Morgan fingerprint density at radius 2 is 2.26 bits per heavy atom. The van der Waals surface area contributed by atoms with Gasteiger partial charge in [-0.25, -0.2) is 0 Å². The SMILES string of the molecule is CC1(C(=O)c2cccc3ccncc23)CCCNC1. The molecule has 0 spiro atoms. The molecule has 0 bridgehead atoms. The quantitative estimate of drug-likeness (QED) is 0.838. The molecule has 1 atom stereocenters. The van der Waals surface area contributed by atoms with Crippen molar-refractivity contribution in [2.75, 3.05) is 13.1 Å². The lowest BCUT2D eigenvalue weighted by Crippen LogP contribution is -2.43. The number of carbonyl (C=O) groups is 1. The van der Waals surface area contributed by atoms with Crippen molar-refractivity contribution in [3.63, 3.8) is 0 Å². The molecule has 1 aromatic heterocycles. The van der Waals surface area contributed by atoms with Gasteiger partial charge in [0.2, 0.25) is 0 Å². The van der Waals surface area contributed by atoms with Gasteiger partial charge in [-0.2, -0.15) is 0 Å². The van der Waals surface area contributed by atoms with Crippen molar-refractivity contribution >= 4 is 16.6 Å². The predicted molar refractivity (Wildman–Crippen MR) is 76.3 cm³/mol. The highest BCUT2D eigenvalue weighted by atomic mass is 16.1. The summed E-state index contributed by atoms with van der Waals surface area (Å²) in [5.41, 5.74) is 0.513. The molecule has 1 aliphatic rings. The molecular formula is C16H18N2O. The first-order valence-electron chi connectivity index (χ1n) is 6.79. The standard InChI is InChI=1S/C16H18N2O/c1-16(7-3-8-18-11-16)15(19)13-5-2-4-12-6-9-17-10-14(12)13/h2,4-6,9-10,18H,3,7-8,11H2,1H3. The third-order valence-electron chi connectivity index (χ3n) is 4.07. The molecule has 0 amide bonds. The van der Waals surface area contributed by atoms with Gasteiger partial charge in [0.1, 0.15) is 0 Å². The second-order valence-electron chi connectivity index (χ2n) is 5.57. The van der Waals surface area contributed by atoms with Gasteiger partial charge in [-0.05, 0) is 30.8 Å². The summed E-state index contributed by atoms with van der Waals surface area (Å²) in [5, 5.41) is 5.37. The minimum absolute atomic E-state index is 0.235. The van der Waals surface area contributed by atoms with E-state index in [-0.39, 0.29) is 11.2 Å². The minimum atomic E-state index is -0.289. The number of hydrogen-bond donors (Lipinski definition) is 1. The largest absolute Gasteiger partial charge is 0.316 e. The molecule has 1 fully saturated rings. The molecule has 2 heterocycles. The van der Waals surface area contributed by atoms with Crippen LogP contribution in [0.4, 0.5) is 0 Å². The van der Waals surface area contributed by atoms with Gasteiger partial charge >= 0.3 is 0 Å². The lowest BCUT2D eigenvalue weighted by molar-refractivity contribution is 0.0775. The molecule has 3 heteroatoms. The van der Waals surface area contributed by atoms with Crippen LogP contribution in [0, 0.1) is 5.41 Å². The molecule has 0 saturated carbocycles. The van der Waals surface area contributed by atoms with Crippen LogP contribution in [0.3, 0.4) is 0 Å². The lowest BCUT2D eigenvalue weighted by atomic mass is 9.76. The molecule has 1 unspecified atom stereocenters. The van der Waals surface area contributed by atoms with Crippen LogP contribution in [-0.2, 0) is 0 Å². The number of hydrogen-bond acceptors (Lipinski definition) is 3. The van der Waals surface area contributed by atoms with Crippen molar-refractivity contribution in [2.45, 2.75) is 19.8 Å². The number of carbonyl (C=O) groups excluding carboxylic acids is 1. The van der Waals surface area contributed by atoms with Crippen molar-refractivity contribution in [3.8, 4) is 0 Å². The summed E-state index contributed by atoms with van der Waals surface area (Å²) in [7, 11) is 0. The number of aromatic nitrogens is 1. The van der Waals surface area contributed by atoms with E-state index in [0.717, 1.165) is 42.3 Å². The number of nitrogens with one attached hydrogen (secondary N) is 1. The van der Waals surface area contributed by atoms with Crippen LogP contribution in [-0.4, -0.2) is 23.9 Å². The fourth-order valence-corrected chi connectivity index (χ4v) is 2.89. The Morgan fingerprint density at radius 1 is 1.37 bits per heavy atom. The summed E-state index contributed by atoms with van der Waals surface area (Å²) in [5.74, 6) is 0.235. The number of nitrogens with zero attached hydrogens (tertiary/aromatic N) is 1. The Kier molecular flexibility index (Phi) is 3.07. The Morgan fingerprint density at radius 3 is 3.05 bits per heavy atom. The van der Waals surface area contributed by atoms with E-state index < -0.39 is 0 Å². The summed E-state index contributed by atoms with van der Waals surface area (Å²) in [6, 6.07) is 7.85. The molecule has 1 N–H and O–H groups in total. The molecular weight excluding hydrogens is 236 g/mol. The van der Waals surface area contributed by atoms with Crippen LogP contribution in [0.1, 0.15) is 30.1 Å². The summed E-state index contributed by atoms with van der Waals surface area (Å²) in [6.07, 6.45) is 5.57. The first-order chi connectivity index (χ1) is 9.21. The summed E-state index contributed by atoms with van der Waals surface area (Å²) < 4.78 is 0. The van der Waals surface area contributed by atoms with Crippen molar-refractivity contribution in [1.29, 1.82) is 0 Å². The predicted octanol–water partition coefficient (Wildman–Crippen LogP) is 2.81. The smallest absolute Gasteiger partial charge is 0.170 e. The van der Waals surface area contributed by atoms with Crippen molar-refractivity contribution in [3.05, 3.63) is 42.2 Å². The molecule has 2 aromatic rings. The molecule has 98 valence electrons. The molecule has 19 heavy (non-hydrogen) atoms. The first kappa shape index (κ1) is 12.3. The maximum absolute atomic E-state index is 12.9. The Balaban J connectivity index is 2.06. The van der Waals surface area contributed by atoms with Crippen LogP contribution in [0.25, 0.3) is 10.8 Å². The maximum Gasteiger partial charge on any atom is 0.170 e. The number of ketones is 1. The molecule has 0 aliphatic carbocycles. The van der Waals surface area contributed by atoms with Gasteiger partial charge in [0.05, 0.1) is 0 Å². The van der Waals surface area contributed by atoms with Gasteiger partial charge in [0.25, 0.3) is 0 Å². The van der Waals surface area contributed by atoms with Crippen molar-refractivity contribution in [2.24, 2.45) is 5.41 Å². The van der Waals surface area contributed by atoms with E-state index in [1.165, 1.54) is 0 Å². The van der Waals surface area contributed by atoms with E-state index in [0.29, 0.717) is 0 Å². The maximum atomic E-state index is 12.9. The third-order valence-corrected chi connectivity index (χ3v) is 4.07. The van der Waals surface area contributed by atoms with Crippen molar-refractivity contribution < 1.29 is 4.79 Å². The topological polar surface area (TPSA) is 42.0 Å². The zero-order valence-electron chi connectivity index (χ0n) is 11.1. The van der Waals surface area contributed by atoms with Gasteiger partial charge < -0.3 is 5.32 Å². The second-order valence-corrected chi connectivity index (χ2v) is 5.57. The monoisotopic (exact) mass is 254 g/mol. The molecule has 1 aliphatic heterocycles. The second kappa shape index (κ2) is 4.74. The highest BCUT2D eigenvalue weighted by molar-refractivity contribution is 6.10. The Labute approximate surface area is 113 Å². The van der Waals surface area contributed by atoms with Crippen LogP contribution >= 0.6 is 0 Å². The average Bonchev–Trinajstić information content (AvgIpc) is 2.47. The van der Waals surface area contributed by atoms with Crippen LogP contribution in [0.5, 0.6) is 0 Å². The van der Waals surface area contributed by atoms with E-state index in [2.05, 4.69) is 17.2 Å². The van der Waals surface area contributed by atoms with E-state index >= 15 is 0 Å². The normalized spacial score (nSPS) is 23.4. The van der Waals surface area contributed by atoms with E-state index in [1.807, 2.05) is 24.3 Å². The summed E-state index contributed by atoms with van der Waals surface area (Å²) in [4.78, 5) is 17.0. The van der Waals surface area contributed by atoms with Crippen LogP contribution in [0.15, 0.2) is 36.7 Å². The van der Waals surface area contributed by atoms with Crippen molar-refractivity contribution in [1.82, 2.24) is 10.3 Å². The summed E-state index contributed by atoms with van der Waals surface area (Å²) >= 11 is 0. The summed E-state index contributed by atoms with van der Waals surface area (Å²) in [6.45, 7) is 3.85. The molecule has 3 rings (SSSR count). The third kappa shape index (κ3) is 2.15. The number of pyridine rings is 1. The van der Waals surface area contributed by atoms with Gasteiger partial charge in [-0.3, -0.25) is 9.78 Å². The number of fused-ring (bicyclic) bond motifs is 1. The fraction of sp³-hybridized carbons (Fsp3) is 0.375. The number of rotatable bonds is 2. The van der Waals surface area contributed by atoms with E-state index in [9.17, 15) is 4.79 Å². The van der Waals surface area contributed by atoms with Gasteiger partial charge in [0, 0.05) is 35.3 Å². The molecule has 3 nitrogen and oxygen atoms in total.